The SMILES string of the molecule is COC(=O)C1Cc2nc[nH]c2CN1C(=O)CCC1CCCCC1. The molecule has 1 atom stereocenters. The van der Waals surface area contributed by atoms with E-state index in [0.29, 0.717) is 25.3 Å². The quantitative estimate of drug-likeness (QED) is 0.863. The zero-order valence-corrected chi connectivity index (χ0v) is 13.7. The van der Waals surface area contributed by atoms with Crippen LogP contribution in [0.25, 0.3) is 0 Å². The van der Waals surface area contributed by atoms with Crippen LogP contribution < -0.4 is 0 Å². The summed E-state index contributed by atoms with van der Waals surface area (Å²) in [7, 11) is 1.37. The van der Waals surface area contributed by atoms with Crippen LogP contribution in [0.4, 0.5) is 0 Å². The molecule has 1 aromatic heterocycles. The molecule has 2 aliphatic rings. The third-order valence-electron chi connectivity index (χ3n) is 5.18. The van der Waals surface area contributed by atoms with Crippen LogP contribution in [-0.4, -0.2) is 39.9 Å². The number of fused-ring (bicyclic) bond motifs is 1. The molecule has 6 heteroatoms. The van der Waals surface area contributed by atoms with Crippen molar-refractivity contribution in [2.45, 2.75) is 64.0 Å². The number of nitrogens with zero attached hydrogens (tertiary/aromatic N) is 2. The summed E-state index contributed by atoms with van der Waals surface area (Å²) >= 11 is 0. The second-order valence-electron chi connectivity index (χ2n) is 6.64. The molecule has 1 aliphatic heterocycles. The van der Waals surface area contributed by atoms with Gasteiger partial charge in [-0.05, 0) is 12.3 Å². The van der Waals surface area contributed by atoms with Crippen molar-refractivity contribution in [3.63, 3.8) is 0 Å². The minimum atomic E-state index is -0.547. The van der Waals surface area contributed by atoms with Gasteiger partial charge in [0, 0.05) is 12.8 Å². The maximum absolute atomic E-state index is 12.7. The predicted molar refractivity (Wildman–Crippen MR) is 84.5 cm³/mol. The number of nitrogens with one attached hydrogen (secondary N) is 1. The van der Waals surface area contributed by atoms with Gasteiger partial charge in [-0.3, -0.25) is 4.79 Å². The van der Waals surface area contributed by atoms with Crippen molar-refractivity contribution in [1.82, 2.24) is 14.9 Å². The van der Waals surface area contributed by atoms with Crippen LogP contribution in [0.1, 0.15) is 56.3 Å². The van der Waals surface area contributed by atoms with E-state index in [9.17, 15) is 9.59 Å². The van der Waals surface area contributed by atoms with Crippen molar-refractivity contribution in [2.24, 2.45) is 5.92 Å². The van der Waals surface area contributed by atoms with E-state index >= 15 is 0 Å². The zero-order valence-electron chi connectivity index (χ0n) is 13.7. The number of H-pyrrole nitrogens is 1. The Morgan fingerprint density at radius 2 is 2.13 bits per heavy atom. The Morgan fingerprint density at radius 3 is 2.87 bits per heavy atom. The van der Waals surface area contributed by atoms with E-state index in [1.165, 1.54) is 39.2 Å². The molecule has 0 saturated heterocycles. The minimum Gasteiger partial charge on any atom is -0.467 e. The van der Waals surface area contributed by atoms with Crippen molar-refractivity contribution in [1.29, 1.82) is 0 Å². The number of ether oxygens (including phenoxy) is 1. The fourth-order valence-corrected chi connectivity index (χ4v) is 3.79. The first kappa shape index (κ1) is 16.0. The van der Waals surface area contributed by atoms with Crippen LogP contribution in [0.2, 0.25) is 0 Å². The molecule has 1 aromatic rings. The molecule has 6 nitrogen and oxygen atoms in total. The number of amides is 1. The first-order chi connectivity index (χ1) is 11.2. The highest BCUT2D eigenvalue weighted by molar-refractivity contribution is 5.85. The van der Waals surface area contributed by atoms with Crippen LogP contribution in [0.15, 0.2) is 6.33 Å². The van der Waals surface area contributed by atoms with Crippen molar-refractivity contribution in [3.05, 3.63) is 17.7 Å². The molecule has 23 heavy (non-hydrogen) atoms. The van der Waals surface area contributed by atoms with Gasteiger partial charge >= 0.3 is 5.97 Å². The van der Waals surface area contributed by atoms with Gasteiger partial charge in [-0.1, -0.05) is 32.1 Å². The molecular weight excluding hydrogens is 294 g/mol. The standard InChI is InChI=1S/C17H25N3O3/c1-23-17(22)15-9-13-14(19-11-18-13)10-20(15)16(21)8-7-12-5-3-2-4-6-12/h11-12,15H,2-10H2,1H3,(H,18,19). The monoisotopic (exact) mass is 319 g/mol. The Balaban J connectivity index is 1.65. The number of aromatic nitrogens is 2. The third kappa shape index (κ3) is 3.57. The molecule has 3 rings (SSSR count). The fraction of sp³-hybridized carbons (Fsp3) is 0.706. The average molecular weight is 319 g/mol. The number of imidazole rings is 1. The number of carbonyl (C=O) groups excluding carboxylic acids is 2. The normalized spacial score (nSPS) is 21.8. The molecule has 0 aromatic carbocycles. The molecule has 1 N–H and O–H groups in total. The van der Waals surface area contributed by atoms with E-state index < -0.39 is 6.04 Å². The largest absolute Gasteiger partial charge is 0.467 e. The van der Waals surface area contributed by atoms with Gasteiger partial charge in [0.15, 0.2) is 0 Å². The maximum atomic E-state index is 12.7. The Kier molecular flexibility index (Phi) is 4.98. The molecule has 0 spiro atoms. The van der Waals surface area contributed by atoms with Gasteiger partial charge < -0.3 is 14.6 Å². The van der Waals surface area contributed by atoms with Crippen LogP contribution in [-0.2, 0) is 27.3 Å². The summed E-state index contributed by atoms with van der Waals surface area (Å²) < 4.78 is 4.89. The summed E-state index contributed by atoms with van der Waals surface area (Å²) in [6.07, 6.45) is 9.85. The lowest BCUT2D eigenvalue weighted by Crippen LogP contribution is -2.49. The van der Waals surface area contributed by atoms with E-state index in [-0.39, 0.29) is 11.9 Å². The summed E-state index contributed by atoms with van der Waals surface area (Å²) in [6, 6.07) is -0.547. The van der Waals surface area contributed by atoms with Crippen molar-refractivity contribution in [3.8, 4) is 0 Å². The Bertz CT molecular complexity index is 563. The first-order valence-corrected chi connectivity index (χ1v) is 8.57. The molecule has 1 aliphatic carbocycles. The topological polar surface area (TPSA) is 75.3 Å². The van der Waals surface area contributed by atoms with E-state index in [4.69, 9.17) is 4.74 Å². The lowest BCUT2D eigenvalue weighted by molar-refractivity contribution is -0.154. The van der Waals surface area contributed by atoms with Crippen LogP contribution >= 0.6 is 0 Å². The van der Waals surface area contributed by atoms with Gasteiger partial charge in [0.1, 0.15) is 6.04 Å². The second-order valence-corrected chi connectivity index (χ2v) is 6.64. The number of carbonyl (C=O) groups is 2. The highest BCUT2D eigenvalue weighted by Gasteiger charge is 2.36. The average Bonchev–Trinajstić information content (AvgIpc) is 3.06. The molecule has 1 fully saturated rings. The maximum Gasteiger partial charge on any atom is 0.329 e. The second kappa shape index (κ2) is 7.15. The smallest absolute Gasteiger partial charge is 0.329 e. The van der Waals surface area contributed by atoms with E-state index in [1.807, 2.05) is 0 Å². The molecule has 1 unspecified atom stereocenters. The summed E-state index contributed by atoms with van der Waals surface area (Å²) in [6.45, 7) is 0.415. The highest BCUT2D eigenvalue weighted by atomic mass is 16.5. The number of esters is 1. The van der Waals surface area contributed by atoms with Gasteiger partial charge in [-0.15, -0.1) is 0 Å². The molecular formula is C17H25N3O3. The number of aromatic amines is 1. The summed E-state index contributed by atoms with van der Waals surface area (Å²) in [5.74, 6) is 0.354. The molecule has 1 amide bonds. The van der Waals surface area contributed by atoms with Gasteiger partial charge in [0.05, 0.1) is 31.4 Å². The lowest BCUT2D eigenvalue weighted by Gasteiger charge is -2.33. The summed E-state index contributed by atoms with van der Waals surface area (Å²) in [4.78, 5) is 33.7. The minimum absolute atomic E-state index is 0.0474. The molecule has 1 saturated carbocycles. The lowest BCUT2D eigenvalue weighted by atomic mass is 9.86. The molecule has 126 valence electrons. The first-order valence-electron chi connectivity index (χ1n) is 8.57. The van der Waals surface area contributed by atoms with E-state index in [0.717, 1.165) is 17.8 Å². The molecule has 0 radical (unpaired) electrons. The Morgan fingerprint density at radius 1 is 1.35 bits per heavy atom. The highest BCUT2D eigenvalue weighted by Crippen LogP contribution is 2.29. The molecule has 0 bridgehead atoms. The summed E-state index contributed by atoms with van der Waals surface area (Å²) in [5.41, 5.74) is 1.79. The number of hydrogen-bond acceptors (Lipinski definition) is 4. The van der Waals surface area contributed by atoms with Crippen molar-refractivity contribution in [2.75, 3.05) is 7.11 Å². The van der Waals surface area contributed by atoms with E-state index in [1.54, 1.807) is 11.2 Å². The zero-order chi connectivity index (χ0) is 16.2. The number of rotatable bonds is 4. The van der Waals surface area contributed by atoms with Crippen LogP contribution in [0, 0.1) is 5.92 Å². The summed E-state index contributed by atoms with van der Waals surface area (Å²) in [5, 5.41) is 0. The van der Waals surface area contributed by atoms with E-state index in [2.05, 4.69) is 9.97 Å². The fourth-order valence-electron chi connectivity index (χ4n) is 3.79. The van der Waals surface area contributed by atoms with Crippen LogP contribution in [0.5, 0.6) is 0 Å². The van der Waals surface area contributed by atoms with Gasteiger partial charge in [-0.25, -0.2) is 9.78 Å². The van der Waals surface area contributed by atoms with Crippen molar-refractivity contribution >= 4 is 11.9 Å². The number of hydrogen-bond donors (Lipinski definition) is 1. The van der Waals surface area contributed by atoms with Gasteiger partial charge in [0.25, 0.3) is 0 Å². The molecule has 2 heterocycles. The third-order valence-corrected chi connectivity index (χ3v) is 5.18. The Hall–Kier alpha value is -1.85. The predicted octanol–water partition coefficient (Wildman–Crippen LogP) is 2.20. The van der Waals surface area contributed by atoms with Gasteiger partial charge in [0.2, 0.25) is 5.91 Å². The van der Waals surface area contributed by atoms with Crippen LogP contribution in [0.3, 0.4) is 0 Å². The van der Waals surface area contributed by atoms with Crippen molar-refractivity contribution < 1.29 is 14.3 Å². The van der Waals surface area contributed by atoms with Gasteiger partial charge in [-0.2, -0.15) is 0 Å². The Labute approximate surface area is 136 Å². The number of methoxy groups -OCH3 is 1.